The number of ether oxygens (including phenoxy) is 2. The second-order valence-corrected chi connectivity index (χ2v) is 10.2. The first-order valence-electron chi connectivity index (χ1n) is 11.0. The average Bonchev–Trinajstić information content (AvgIpc) is 3.33. The van der Waals surface area contributed by atoms with Crippen molar-refractivity contribution in [1.82, 2.24) is 4.31 Å². The van der Waals surface area contributed by atoms with Gasteiger partial charge in [0.25, 0.3) is 5.91 Å². The standard InChI is InChI=1S/C24H28N2O6S/c1-17-7-10-20(11-8-17)33(29,30)26-14-4-6-22(26)24(28)32-16-23(27)25-13-3-5-18-15-19(31-2)9-12-21(18)25/h7-12,15,22H,3-6,13-14,16H2,1-2H3/t22-/m0/s1. The summed E-state index contributed by atoms with van der Waals surface area (Å²) in [5.41, 5.74) is 2.74. The lowest BCUT2D eigenvalue weighted by Gasteiger charge is -2.30. The number of carbonyl (C=O) groups excluding carboxylic acids is 2. The summed E-state index contributed by atoms with van der Waals surface area (Å²) in [6, 6.07) is 11.1. The molecule has 0 spiro atoms. The minimum absolute atomic E-state index is 0.143. The van der Waals surface area contributed by atoms with Gasteiger partial charge in [-0.2, -0.15) is 4.31 Å². The highest BCUT2D eigenvalue weighted by Crippen LogP contribution is 2.31. The van der Waals surface area contributed by atoms with Crippen molar-refractivity contribution in [2.45, 2.75) is 43.5 Å². The Hall–Kier alpha value is -2.91. The zero-order valence-electron chi connectivity index (χ0n) is 18.8. The molecular formula is C24H28N2O6S. The predicted octanol–water partition coefficient (Wildman–Crippen LogP) is 2.68. The van der Waals surface area contributed by atoms with E-state index in [0.717, 1.165) is 35.4 Å². The molecular weight excluding hydrogens is 444 g/mol. The van der Waals surface area contributed by atoms with Crippen LogP contribution in [0, 0.1) is 6.92 Å². The van der Waals surface area contributed by atoms with Gasteiger partial charge in [0.2, 0.25) is 10.0 Å². The molecule has 2 aliphatic rings. The Kier molecular flexibility index (Phi) is 6.71. The van der Waals surface area contributed by atoms with E-state index in [9.17, 15) is 18.0 Å². The van der Waals surface area contributed by atoms with Crippen molar-refractivity contribution in [2.24, 2.45) is 0 Å². The molecule has 0 radical (unpaired) electrons. The number of benzene rings is 2. The van der Waals surface area contributed by atoms with Gasteiger partial charge in [0.05, 0.1) is 12.0 Å². The smallest absolute Gasteiger partial charge is 0.324 e. The second-order valence-electron chi connectivity index (χ2n) is 8.34. The summed E-state index contributed by atoms with van der Waals surface area (Å²) in [7, 11) is -2.23. The zero-order valence-corrected chi connectivity index (χ0v) is 19.6. The van der Waals surface area contributed by atoms with Crippen molar-refractivity contribution in [3.05, 3.63) is 53.6 Å². The maximum Gasteiger partial charge on any atom is 0.324 e. The molecule has 2 aromatic carbocycles. The van der Waals surface area contributed by atoms with Gasteiger partial charge in [-0.15, -0.1) is 0 Å². The number of anilines is 1. The van der Waals surface area contributed by atoms with E-state index in [2.05, 4.69) is 0 Å². The zero-order chi connectivity index (χ0) is 23.6. The van der Waals surface area contributed by atoms with Crippen molar-refractivity contribution >= 4 is 27.6 Å². The van der Waals surface area contributed by atoms with Crippen LogP contribution in [0.15, 0.2) is 47.4 Å². The van der Waals surface area contributed by atoms with Gasteiger partial charge in [-0.05, 0) is 68.5 Å². The molecule has 1 saturated heterocycles. The maximum absolute atomic E-state index is 13.1. The summed E-state index contributed by atoms with van der Waals surface area (Å²) in [6.07, 6.45) is 2.56. The molecule has 0 aliphatic carbocycles. The number of fused-ring (bicyclic) bond motifs is 1. The second kappa shape index (κ2) is 9.52. The van der Waals surface area contributed by atoms with E-state index in [1.807, 2.05) is 19.1 Å². The number of aryl methyl sites for hydroxylation is 2. The number of amides is 1. The third-order valence-corrected chi connectivity index (χ3v) is 8.07. The molecule has 176 valence electrons. The molecule has 0 bridgehead atoms. The van der Waals surface area contributed by atoms with E-state index in [4.69, 9.17) is 9.47 Å². The topological polar surface area (TPSA) is 93.2 Å². The largest absolute Gasteiger partial charge is 0.497 e. The summed E-state index contributed by atoms with van der Waals surface area (Å²) in [4.78, 5) is 27.4. The molecule has 0 unspecified atom stereocenters. The minimum atomic E-state index is -3.83. The molecule has 1 atom stereocenters. The van der Waals surface area contributed by atoms with Crippen LogP contribution in [0.1, 0.15) is 30.4 Å². The molecule has 0 saturated carbocycles. The molecule has 0 N–H and O–H groups in total. The van der Waals surface area contributed by atoms with Crippen molar-refractivity contribution in [1.29, 1.82) is 0 Å². The molecule has 2 heterocycles. The number of methoxy groups -OCH3 is 1. The lowest BCUT2D eigenvalue weighted by molar-refractivity contribution is -0.151. The van der Waals surface area contributed by atoms with Gasteiger partial charge in [0, 0.05) is 18.8 Å². The highest BCUT2D eigenvalue weighted by Gasteiger charge is 2.40. The minimum Gasteiger partial charge on any atom is -0.497 e. The van der Waals surface area contributed by atoms with Crippen LogP contribution in [0.3, 0.4) is 0 Å². The normalized spacial score (nSPS) is 18.6. The van der Waals surface area contributed by atoms with Crippen LogP contribution in [0.25, 0.3) is 0 Å². The quantitative estimate of drug-likeness (QED) is 0.600. The Morgan fingerprint density at radius 2 is 1.82 bits per heavy atom. The Labute approximate surface area is 194 Å². The third-order valence-electron chi connectivity index (χ3n) is 6.15. The van der Waals surface area contributed by atoms with Crippen LogP contribution in [-0.4, -0.2) is 57.4 Å². The maximum atomic E-state index is 13.1. The number of nitrogens with zero attached hydrogens (tertiary/aromatic N) is 2. The fraction of sp³-hybridized carbons (Fsp3) is 0.417. The SMILES string of the molecule is COc1ccc2c(c1)CCCN2C(=O)COC(=O)[C@@H]1CCCN1S(=O)(=O)c1ccc(C)cc1. The Morgan fingerprint density at radius 1 is 1.06 bits per heavy atom. The molecule has 8 nitrogen and oxygen atoms in total. The van der Waals surface area contributed by atoms with Gasteiger partial charge in [0.1, 0.15) is 11.8 Å². The number of rotatable bonds is 6. The Morgan fingerprint density at radius 3 is 2.55 bits per heavy atom. The lowest BCUT2D eigenvalue weighted by atomic mass is 10.0. The summed E-state index contributed by atoms with van der Waals surface area (Å²) in [5.74, 6) is -0.297. The molecule has 2 aromatic rings. The molecule has 9 heteroatoms. The molecule has 2 aliphatic heterocycles. The van der Waals surface area contributed by atoms with E-state index in [1.54, 1.807) is 30.2 Å². The van der Waals surface area contributed by atoms with Gasteiger partial charge in [0.15, 0.2) is 6.61 Å². The van der Waals surface area contributed by atoms with Crippen LogP contribution in [0.4, 0.5) is 5.69 Å². The van der Waals surface area contributed by atoms with Gasteiger partial charge in [-0.1, -0.05) is 17.7 Å². The summed E-state index contributed by atoms with van der Waals surface area (Å²) in [6.45, 7) is 2.22. The van der Waals surface area contributed by atoms with Crippen molar-refractivity contribution in [2.75, 3.05) is 31.7 Å². The number of sulfonamides is 1. The van der Waals surface area contributed by atoms with Gasteiger partial charge >= 0.3 is 5.97 Å². The first kappa shape index (κ1) is 23.3. The van der Waals surface area contributed by atoms with Gasteiger partial charge in [-0.25, -0.2) is 8.42 Å². The summed E-state index contributed by atoms with van der Waals surface area (Å²) in [5, 5.41) is 0. The van der Waals surface area contributed by atoms with Crippen LogP contribution in [0.5, 0.6) is 5.75 Å². The fourth-order valence-corrected chi connectivity index (χ4v) is 6.02. The summed E-state index contributed by atoms with van der Waals surface area (Å²) >= 11 is 0. The van der Waals surface area contributed by atoms with Crippen molar-refractivity contribution < 1.29 is 27.5 Å². The average molecular weight is 473 g/mol. The number of hydrogen-bond acceptors (Lipinski definition) is 6. The van der Waals surface area contributed by atoms with Crippen molar-refractivity contribution in [3.63, 3.8) is 0 Å². The number of esters is 1. The Bertz CT molecular complexity index is 1150. The van der Waals surface area contributed by atoms with Crippen LogP contribution >= 0.6 is 0 Å². The Balaban J connectivity index is 1.42. The van der Waals surface area contributed by atoms with Gasteiger partial charge in [-0.3, -0.25) is 9.59 Å². The van der Waals surface area contributed by atoms with Gasteiger partial charge < -0.3 is 14.4 Å². The van der Waals surface area contributed by atoms with E-state index in [-0.39, 0.29) is 17.3 Å². The lowest BCUT2D eigenvalue weighted by Crippen LogP contribution is -2.43. The first-order valence-corrected chi connectivity index (χ1v) is 12.5. The van der Waals surface area contributed by atoms with Crippen LogP contribution in [-0.2, 0) is 30.8 Å². The predicted molar refractivity (Wildman–Crippen MR) is 123 cm³/mol. The first-order chi connectivity index (χ1) is 15.8. The van der Waals surface area contributed by atoms with E-state index >= 15 is 0 Å². The molecule has 1 fully saturated rings. The molecule has 4 rings (SSSR count). The molecule has 1 amide bonds. The van der Waals surface area contributed by atoms with E-state index in [1.165, 1.54) is 16.4 Å². The third kappa shape index (κ3) is 4.74. The molecule has 0 aromatic heterocycles. The van der Waals surface area contributed by atoms with Crippen molar-refractivity contribution in [3.8, 4) is 5.75 Å². The highest BCUT2D eigenvalue weighted by atomic mass is 32.2. The molecule has 33 heavy (non-hydrogen) atoms. The summed E-state index contributed by atoms with van der Waals surface area (Å²) < 4.78 is 37.9. The number of carbonyl (C=O) groups is 2. The fourth-order valence-electron chi connectivity index (χ4n) is 4.38. The van der Waals surface area contributed by atoms with Crippen LogP contribution < -0.4 is 9.64 Å². The monoisotopic (exact) mass is 472 g/mol. The number of hydrogen-bond donors (Lipinski definition) is 0. The van der Waals surface area contributed by atoms with E-state index < -0.39 is 28.6 Å². The van der Waals surface area contributed by atoms with Crippen LogP contribution in [0.2, 0.25) is 0 Å². The highest BCUT2D eigenvalue weighted by molar-refractivity contribution is 7.89. The van der Waals surface area contributed by atoms with E-state index in [0.29, 0.717) is 19.4 Å².